The van der Waals surface area contributed by atoms with Crippen LogP contribution >= 0.6 is 0 Å². The van der Waals surface area contributed by atoms with Crippen LogP contribution in [0.1, 0.15) is 19.4 Å². The fourth-order valence-corrected chi connectivity index (χ4v) is 1.71. The third-order valence-electron chi connectivity index (χ3n) is 2.63. The molecule has 7 heteroatoms. The van der Waals surface area contributed by atoms with Gasteiger partial charge in [0, 0.05) is 13.1 Å². The van der Waals surface area contributed by atoms with E-state index in [1.807, 2.05) is 0 Å². The maximum Gasteiger partial charge on any atom is 0.418 e. The number of nitrogens with one attached hydrogen (secondary N) is 1. The zero-order valence-electron chi connectivity index (χ0n) is 11.2. The summed E-state index contributed by atoms with van der Waals surface area (Å²) in [5.41, 5.74) is -1.20. The number of alkyl halides is 3. The molecule has 1 aromatic rings. The van der Waals surface area contributed by atoms with Crippen LogP contribution in [0.4, 0.5) is 23.7 Å². The number of halogens is 3. The Balaban J connectivity index is 2.90. The summed E-state index contributed by atoms with van der Waals surface area (Å²) < 4.78 is 38.4. The second-order valence-corrected chi connectivity index (χ2v) is 4.36. The standard InChI is InChI=1S/C13H17F3N2O2/c1-3-18(8-9(2)19)12(20)17-11-7-5-4-6-10(11)13(14,15)16/h4-7,9,19H,3,8H2,1-2H3,(H,17,20)/t9-/m1/s1. The first-order valence-corrected chi connectivity index (χ1v) is 6.16. The van der Waals surface area contributed by atoms with E-state index in [2.05, 4.69) is 5.32 Å². The molecule has 2 N–H and O–H groups in total. The van der Waals surface area contributed by atoms with E-state index in [-0.39, 0.29) is 18.8 Å². The molecule has 0 unspecified atom stereocenters. The predicted octanol–water partition coefficient (Wildman–Crippen LogP) is 2.94. The maximum absolute atomic E-state index is 12.8. The van der Waals surface area contributed by atoms with Crippen LogP contribution in [0.25, 0.3) is 0 Å². The highest BCUT2D eigenvalue weighted by molar-refractivity contribution is 5.90. The van der Waals surface area contributed by atoms with Crippen LogP contribution in [0.2, 0.25) is 0 Å². The summed E-state index contributed by atoms with van der Waals surface area (Å²) in [5.74, 6) is 0. The molecule has 112 valence electrons. The van der Waals surface area contributed by atoms with Crippen LogP contribution in [0.5, 0.6) is 0 Å². The number of anilines is 1. The van der Waals surface area contributed by atoms with Crippen LogP contribution in [0.3, 0.4) is 0 Å². The Bertz CT molecular complexity index is 461. The summed E-state index contributed by atoms with van der Waals surface area (Å²) in [7, 11) is 0. The quantitative estimate of drug-likeness (QED) is 0.895. The van der Waals surface area contributed by atoms with Gasteiger partial charge in [-0.1, -0.05) is 12.1 Å². The van der Waals surface area contributed by atoms with Crippen LogP contribution in [-0.4, -0.2) is 35.2 Å². The molecule has 0 aliphatic rings. The molecular formula is C13H17F3N2O2. The number of aliphatic hydroxyl groups is 1. The molecule has 0 fully saturated rings. The van der Waals surface area contributed by atoms with Crippen molar-refractivity contribution in [2.45, 2.75) is 26.1 Å². The van der Waals surface area contributed by atoms with E-state index >= 15 is 0 Å². The molecule has 0 saturated carbocycles. The van der Waals surface area contributed by atoms with Crippen molar-refractivity contribution in [3.05, 3.63) is 29.8 Å². The fourth-order valence-electron chi connectivity index (χ4n) is 1.71. The average Bonchev–Trinajstić information content (AvgIpc) is 2.34. The van der Waals surface area contributed by atoms with E-state index in [9.17, 15) is 23.1 Å². The van der Waals surface area contributed by atoms with Crippen LogP contribution < -0.4 is 5.32 Å². The summed E-state index contributed by atoms with van der Waals surface area (Å²) in [6.45, 7) is 3.51. The highest BCUT2D eigenvalue weighted by Crippen LogP contribution is 2.34. The summed E-state index contributed by atoms with van der Waals surface area (Å²) in [6.07, 6.45) is -5.29. The minimum Gasteiger partial charge on any atom is -0.392 e. The van der Waals surface area contributed by atoms with E-state index in [0.29, 0.717) is 0 Å². The van der Waals surface area contributed by atoms with Gasteiger partial charge in [0.1, 0.15) is 0 Å². The Hall–Kier alpha value is -1.76. The molecule has 20 heavy (non-hydrogen) atoms. The molecule has 0 aromatic heterocycles. The number of nitrogens with zero attached hydrogens (tertiary/aromatic N) is 1. The van der Waals surface area contributed by atoms with E-state index in [4.69, 9.17) is 0 Å². The lowest BCUT2D eigenvalue weighted by molar-refractivity contribution is -0.136. The SMILES string of the molecule is CCN(C[C@@H](C)O)C(=O)Nc1ccccc1C(F)(F)F. The van der Waals surface area contributed by atoms with E-state index < -0.39 is 23.9 Å². The van der Waals surface area contributed by atoms with Crippen LogP contribution in [-0.2, 0) is 6.18 Å². The molecule has 1 aromatic carbocycles. The number of likely N-dealkylation sites (N-methyl/N-ethyl adjacent to an activating group) is 1. The number of amides is 2. The number of para-hydroxylation sites is 1. The van der Waals surface area contributed by atoms with Gasteiger partial charge in [0.25, 0.3) is 0 Å². The van der Waals surface area contributed by atoms with Gasteiger partial charge < -0.3 is 15.3 Å². The Morgan fingerprint density at radius 1 is 1.40 bits per heavy atom. The molecular weight excluding hydrogens is 273 g/mol. The van der Waals surface area contributed by atoms with Crippen molar-refractivity contribution >= 4 is 11.7 Å². The highest BCUT2D eigenvalue weighted by Gasteiger charge is 2.33. The lowest BCUT2D eigenvalue weighted by Gasteiger charge is -2.23. The minimum atomic E-state index is -4.54. The third-order valence-corrected chi connectivity index (χ3v) is 2.63. The first-order valence-electron chi connectivity index (χ1n) is 6.16. The second-order valence-electron chi connectivity index (χ2n) is 4.36. The monoisotopic (exact) mass is 290 g/mol. The van der Waals surface area contributed by atoms with Crippen molar-refractivity contribution in [1.82, 2.24) is 4.90 Å². The Labute approximate surface area is 115 Å². The summed E-state index contributed by atoms with van der Waals surface area (Å²) >= 11 is 0. The van der Waals surface area contributed by atoms with Crippen molar-refractivity contribution in [1.29, 1.82) is 0 Å². The number of urea groups is 1. The average molecular weight is 290 g/mol. The van der Waals surface area contributed by atoms with Crippen molar-refractivity contribution < 1.29 is 23.1 Å². The Kier molecular flexibility index (Phi) is 5.38. The van der Waals surface area contributed by atoms with E-state index in [0.717, 1.165) is 6.07 Å². The highest BCUT2D eigenvalue weighted by atomic mass is 19.4. The van der Waals surface area contributed by atoms with Gasteiger partial charge in [-0.3, -0.25) is 0 Å². The fraction of sp³-hybridized carbons (Fsp3) is 0.462. The zero-order valence-corrected chi connectivity index (χ0v) is 11.2. The number of rotatable bonds is 4. The topological polar surface area (TPSA) is 52.6 Å². The number of carbonyl (C=O) groups is 1. The number of aliphatic hydroxyl groups excluding tert-OH is 1. The zero-order chi connectivity index (χ0) is 15.3. The molecule has 4 nitrogen and oxygen atoms in total. The van der Waals surface area contributed by atoms with Crippen molar-refractivity contribution in [2.24, 2.45) is 0 Å². The first kappa shape index (κ1) is 16.3. The van der Waals surface area contributed by atoms with Gasteiger partial charge >= 0.3 is 12.2 Å². The molecule has 1 atom stereocenters. The Morgan fingerprint density at radius 3 is 2.50 bits per heavy atom. The van der Waals surface area contributed by atoms with Crippen LogP contribution in [0.15, 0.2) is 24.3 Å². The van der Waals surface area contributed by atoms with E-state index in [1.54, 1.807) is 6.92 Å². The molecule has 0 heterocycles. The largest absolute Gasteiger partial charge is 0.418 e. The van der Waals surface area contributed by atoms with Gasteiger partial charge in [0.2, 0.25) is 0 Å². The molecule has 0 spiro atoms. The lowest BCUT2D eigenvalue weighted by Crippen LogP contribution is -2.39. The normalized spacial score (nSPS) is 12.9. The van der Waals surface area contributed by atoms with Gasteiger partial charge in [-0.15, -0.1) is 0 Å². The van der Waals surface area contributed by atoms with Crippen molar-refractivity contribution in [3.8, 4) is 0 Å². The predicted molar refractivity (Wildman–Crippen MR) is 69.4 cm³/mol. The molecule has 0 aliphatic heterocycles. The number of carbonyl (C=O) groups excluding carboxylic acids is 1. The van der Waals surface area contributed by atoms with Gasteiger partial charge in [-0.05, 0) is 26.0 Å². The van der Waals surface area contributed by atoms with Gasteiger partial charge in [-0.2, -0.15) is 13.2 Å². The summed E-state index contributed by atoms with van der Waals surface area (Å²) in [6, 6.07) is 4.09. The minimum absolute atomic E-state index is 0.0521. The molecule has 1 rings (SSSR count). The van der Waals surface area contributed by atoms with Gasteiger partial charge in [0.05, 0.1) is 17.4 Å². The Morgan fingerprint density at radius 2 is 2.00 bits per heavy atom. The first-order chi connectivity index (χ1) is 9.25. The summed E-state index contributed by atoms with van der Waals surface area (Å²) in [4.78, 5) is 13.1. The molecule has 2 amide bonds. The lowest BCUT2D eigenvalue weighted by atomic mass is 10.1. The molecule has 0 radical (unpaired) electrons. The third kappa shape index (κ3) is 4.41. The molecule has 0 saturated heterocycles. The van der Waals surface area contributed by atoms with Gasteiger partial charge in [0.15, 0.2) is 0 Å². The van der Waals surface area contributed by atoms with E-state index in [1.165, 1.54) is 30.0 Å². The second kappa shape index (κ2) is 6.60. The maximum atomic E-state index is 12.8. The van der Waals surface area contributed by atoms with Crippen molar-refractivity contribution in [3.63, 3.8) is 0 Å². The number of hydrogen-bond donors (Lipinski definition) is 2. The number of hydrogen-bond acceptors (Lipinski definition) is 2. The number of benzene rings is 1. The molecule has 0 bridgehead atoms. The summed E-state index contributed by atoms with van der Waals surface area (Å²) in [5, 5.41) is 11.5. The molecule has 0 aliphatic carbocycles. The van der Waals surface area contributed by atoms with Crippen LogP contribution in [0, 0.1) is 0 Å². The smallest absolute Gasteiger partial charge is 0.392 e. The van der Waals surface area contributed by atoms with Gasteiger partial charge in [-0.25, -0.2) is 4.79 Å². The van der Waals surface area contributed by atoms with Crippen molar-refractivity contribution in [2.75, 3.05) is 18.4 Å².